The predicted octanol–water partition coefficient (Wildman–Crippen LogP) is 2.16. The number of anilines is 1. The summed E-state index contributed by atoms with van der Waals surface area (Å²) in [5.41, 5.74) is 0.850. The van der Waals surface area contributed by atoms with Crippen molar-refractivity contribution in [2.45, 2.75) is 26.3 Å². The summed E-state index contributed by atoms with van der Waals surface area (Å²) in [5.74, 6) is 1.68. The molecule has 0 saturated heterocycles. The molecule has 1 amide bonds. The third-order valence-electron chi connectivity index (χ3n) is 4.35. The summed E-state index contributed by atoms with van der Waals surface area (Å²) >= 11 is 0. The van der Waals surface area contributed by atoms with E-state index >= 15 is 0 Å². The number of nitrogens with one attached hydrogen (secondary N) is 2. The number of imidazole rings is 1. The van der Waals surface area contributed by atoms with Crippen LogP contribution < -0.4 is 10.6 Å². The molecular formula is C19H24N6O. The average Bonchev–Trinajstić information content (AvgIpc) is 3.04. The van der Waals surface area contributed by atoms with Gasteiger partial charge in [-0.1, -0.05) is 26.0 Å². The van der Waals surface area contributed by atoms with E-state index in [2.05, 4.69) is 25.6 Å². The molecule has 3 aromatic rings. The van der Waals surface area contributed by atoms with Crippen molar-refractivity contribution < 1.29 is 4.79 Å². The third kappa shape index (κ3) is 3.99. The maximum Gasteiger partial charge on any atom is 0.242 e. The normalized spacial score (nSPS) is 12.3. The van der Waals surface area contributed by atoms with Crippen LogP contribution in [0.4, 0.5) is 5.82 Å². The highest BCUT2D eigenvalue weighted by Gasteiger charge is 2.23. The highest BCUT2D eigenvalue weighted by atomic mass is 16.2. The number of carbonyl (C=O) groups is 1. The Labute approximate surface area is 152 Å². The van der Waals surface area contributed by atoms with Crippen molar-refractivity contribution in [2.24, 2.45) is 13.0 Å². The fourth-order valence-corrected chi connectivity index (χ4v) is 2.85. The van der Waals surface area contributed by atoms with Gasteiger partial charge in [0.05, 0.1) is 5.52 Å². The highest BCUT2D eigenvalue weighted by Crippen LogP contribution is 2.20. The number of para-hydroxylation sites is 1. The van der Waals surface area contributed by atoms with Crippen LogP contribution in [-0.4, -0.2) is 38.0 Å². The summed E-state index contributed by atoms with van der Waals surface area (Å²) < 4.78 is 1.96. The van der Waals surface area contributed by atoms with Gasteiger partial charge in [-0.25, -0.2) is 15.0 Å². The van der Waals surface area contributed by atoms with Gasteiger partial charge in [-0.05, 0) is 18.1 Å². The van der Waals surface area contributed by atoms with Gasteiger partial charge in [-0.3, -0.25) is 4.79 Å². The number of benzene rings is 1. The van der Waals surface area contributed by atoms with Crippen LogP contribution in [0.5, 0.6) is 0 Å². The molecule has 136 valence electrons. The number of hydrogen-bond donors (Lipinski definition) is 2. The Morgan fingerprint density at radius 3 is 2.73 bits per heavy atom. The van der Waals surface area contributed by atoms with Crippen LogP contribution >= 0.6 is 0 Å². The monoisotopic (exact) mass is 352 g/mol. The Balaban J connectivity index is 1.68. The van der Waals surface area contributed by atoms with Crippen LogP contribution in [0.15, 0.2) is 43.0 Å². The van der Waals surface area contributed by atoms with Crippen molar-refractivity contribution >= 4 is 22.6 Å². The maximum absolute atomic E-state index is 12.7. The minimum absolute atomic E-state index is 0.0445. The molecule has 0 spiro atoms. The molecule has 0 fully saturated rings. The lowest BCUT2D eigenvalue weighted by Gasteiger charge is -2.22. The largest absolute Gasteiger partial charge is 0.358 e. The van der Waals surface area contributed by atoms with Crippen molar-refractivity contribution in [3.8, 4) is 0 Å². The fourth-order valence-electron chi connectivity index (χ4n) is 2.85. The topological polar surface area (TPSA) is 84.7 Å². The van der Waals surface area contributed by atoms with Crippen LogP contribution in [0, 0.1) is 5.92 Å². The summed E-state index contributed by atoms with van der Waals surface area (Å²) in [5, 5.41) is 7.20. The second kappa shape index (κ2) is 7.95. The molecule has 3 rings (SSSR count). The van der Waals surface area contributed by atoms with Crippen LogP contribution in [-0.2, 0) is 18.3 Å². The molecule has 2 aromatic heterocycles. The zero-order valence-corrected chi connectivity index (χ0v) is 15.3. The van der Waals surface area contributed by atoms with Gasteiger partial charge in [0, 0.05) is 37.8 Å². The Bertz CT molecular complexity index is 883. The second-order valence-corrected chi connectivity index (χ2v) is 6.60. The van der Waals surface area contributed by atoms with Gasteiger partial charge in [0.15, 0.2) is 0 Å². The molecule has 0 saturated carbocycles. The minimum atomic E-state index is -0.380. The molecule has 1 unspecified atom stereocenters. The Morgan fingerprint density at radius 1 is 1.19 bits per heavy atom. The van der Waals surface area contributed by atoms with E-state index in [1.807, 2.05) is 55.9 Å². The zero-order chi connectivity index (χ0) is 18.5. The zero-order valence-electron chi connectivity index (χ0n) is 15.3. The summed E-state index contributed by atoms with van der Waals surface area (Å²) in [6.45, 7) is 4.57. The fraction of sp³-hybridized carbons (Fsp3) is 0.368. The first-order valence-electron chi connectivity index (χ1n) is 8.76. The maximum atomic E-state index is 12.7. The lowest BCUT2D eigenvalue weighted by molar-refractivity contribution is -0.122. The van der Waals surface area contributed by atoms with Crippen molar-refractivity contribution in [3.05, 3.63) is 48.8 Å². The van der Waals surface area contributed by atoms with E-state index in [4.69, 9.17) is 0 Å². The molecule has 7 nitrogen and oxygen atoms in total. The van der Waals surface area contributed by atoms with Crippen LogP contribution in [0.25, 0.3) is 10.9 Å². The molecule has 2 N–H and O–H groups in total. The van der Waals surface area contributed by atoms with Crippen molar-refractivity contribution in [2.75, 3.05) is 11.9 Å². The predicted molar refractivity (Wildman–Crippen MR) is 102 cm³/mol. The Morgan fingerprint density at radius 2 is 2.00 bits per heavy atom. The van der Waals surface area contributed by atoms with E-state index in [9.17, 15) is 4.79 Å². The first kappa shape index (κ1) is 17.8. The minimum Gasteiger partial charge on any atom is -0.358 e. The number of nitrogens with zero attached hydrogens (tertiary/aromatic N) is 4. The van der Waals surface area contributed by atoms with E-state index in [1.165, 1.54) is 6.33 Å². The Hall–Kier alpha value is -2.96. The molecule has 7 heteroatoms. The van der Waals surface area contributed by atoms with Gasteiger partial charge in [-0.2, -0.15) is 0 Å². The number of rotatable bonds is 7. The van der Waals surface area contributed by atoms with E-state index < -0.39 is 0 Å². The van der Waals surface area contributed by atoms with Crippen molar-refractivity contribution in [3.63, 3.8) is 0 Å². The molecule has 0 aliphatic carbocycles. The standard InChI is InChI=1S/C19H24N6O/c1-13(2)17(19(26)21-9-8-16-20-10-11-25(16)3)24-18-14-6-4-5-7-15(14)22-12-23-18/h4-7,10-13,17H,8-9H2,1-3H3,(H,21,26)(H,22,23,24). The molecule has 1 atom stereocenters. The molecule has 0 aliphatic rings. The second-order valence-electron chi connectivity index (χ2n) is 6.60. The summed E-state index contributed by atoms with van der Waals surface area (Å²) in [4.78, 5) is 25.6. The van der Waals surface area contributed by atoms with E-state index in [0.717, 1.165) is 16.7 Å². The number of fused-ring (bicyclic) bond motifs is 1. The lowest BCUT2D eigenvalue weighted by Crippen LogP contribution is -2.44. The van der Waals surface area contributed by atoms with Gasteiger partial charge < -0.3 is 15.2 Å². The summed E-state index contributed by atoms with van der Waals surface area (Å²) in [7, 11) is 1.95. The van der Waals surface area contributed by atoms with Gasteiger partial charge in [0.1, 0.15) is 24.0 Å². The van der Waals surface area contributed by atoms with Crippen LogP contribution in [0.2, 0.25) is 0 Å². The van der Waals surface area contributed by atoms with Gasteiger partial charge >= 0.3 is 0 Å². The van der Waals surface area contributed by atoms with Crippen molar-refractivity contribution in [1.29, 1.82) is 0 Å². The smallest absolute Gasteiger partial charge is 0.242 e. The third-order valence-corrected chi connectivity index (χ3v) is 4.35. The molecule has 2 heterocycles. The summed E-state index contributed by atoms with van der Waals surface area (Å²) in [6.07, 6.45) is 5.86. The quantitative estimate of drug-likeness (QED) is 0.681. The van der Waals surface area contributed by atoms with E-state index in [0.29, 0.717) is 18.8 Å². The van der Waals surface area contributed by atoms with Crippen LogP contribution in [0.3, 0.4) is 0 Å². The first-order chi connectivity index (χ1) is 12.6. The first-order valence-corrected chi connectivity index (χ1v) is 8.76. The molecule has 0 aliphatic heterocycles. The molecule has 0 radical (unpaired) electrons. The summed E-state index contributed by atoms with van der Waals surface area (Å²) in [6, 6.07) is 7.38. The molecular weight excluding hydrogens is 328 g/mol. The average molecular weight is 352 g/mol. The highest BCUT2D eigenvalue weighted by molar-refractivity contribution is 5.92. The Kier molecular flexibility index (Phi) is 5.46. The number of hydrogen-bond acceptors (Lipinski definition) is 5. The lowest BCUT2D eigenvalue weighted by atomic mass is 10.0. The van der Waals surface area contributed by atoms with E-state index in [1.54, 1.807) is 6.20 Å². The number of amides is 1. The van der Waals surface area contributed by atoms with Gasteiger partial charge in [0.2, 0.25) is 5.91 Å². The molecule has 26 heavy (non-hydrogen) atoms. The number of carbonyl (C=O) groups excluding carboxylic acids is 1. The van der Waals surface area contributed by atoms with E-state index in [-0.39, 0.29) is 17.9 Å². The molecule has 0 bridgehead atoms. The van der Waals surface area contributed by atoms with Crippen molar-refractivity contribution in [1.82, 2.24) is 24.8 Å². The van der Waals surface area contributed by atoms with Crippen LogP contribution in [0.1, 0.15) is 19.7 Å². The molecule has 1 aromatic carbocycles. The SMILES string of the molecule is CC(C)C(Nc1ncnc2ccccc12)C(=O)NCCc1nccn1C. The van der Waals surface area contributed by atoms with Gasteiger partial charge in [-0.15, -0.1) is 0 Å². The number of aromatic nitrogens is 4. The number of aryl methyl sites for hydroxylation is 1. The van der Waals surface area contributed by atoms with Gasteiger partial charge in [0.25, 0.3) is 0 Å².